The third kappa shape index (κ3) is 4.06. The van der Waals surface area contributed by atoms with E-state index in [0.29, 0.717) is 17.7 Å². The van der Waals surface area contributed by atoms with Gasteiger partial charge in [0.2, 0.25) is 11.6 Å². The highest BCUT2D eigenvalue weighted by Gasteiger charge is 2.22. The number of nitrogens with one attached hydrogen (secondary N) is 1. The number of anilines is 2. The van der Waals surface area contributed by atoms with Crippen LogP contribution in [0.15, 0.2) is 27.9 Å². The Morgan fingerprint density at radius 3 is 2.70 bits per heavy atom. The number of hydrogen-bond donors (Lipinski definition) is 3. The highest BCUT2D eigenvalue weighted by molar-refractivity contribution is 5.94. The fourth-order valence-electron chi connectivity index (χ4n) is 2.94. The Bertz CT molecular complexity index is 1050. The summed E-state index contributed by atoms with van der Waals surface area (Å²) in [5.74, 6) is -0.321. The molecular weight excluding hydrogens is 390 g/mol. The number of amides is 1. The maximum absolute atomic E-state index is 12.5. The van der Waals surface area contributed by atoms with Crippen molar-refractivity contribution in [1.29, 1.82) is 0 Å². The molecule has 3 rings (SSSR count). The standard InChI is InChI=1S/C18H23N9O3/c1-4-13-15(21-25-27(13)17-16(19)23-30-24-17)18(29)22-20-10-11-7-8-12(9-14(11)28)26(5-2)6-3/h7-10,28H,4-6H2,1-3H3,(H2,19,23)(H,22,29)/b20-10+. The molecule has 2 heterocycles. The summed E-state index contributed by atoms with van der Waals surface area (Å²) in [5, 5.41) is 29.1. The van der Waals surface area contributed by atoms with E-state index < -0.39 is 5.91 Å². The van der Waals surface area contributed by atoms with Crippen LogP contribution in [0.4, 0.5) is 11.5 Å². The van der Waals surface area contributed by atoms with Crippen LogP contribution in [0.2, 0.25) is 0 Å². The lowest BCUT2D eigenvalue weighted by molar-refractivity contribution is 0.0949. The number of rotatable bonds is 8. The van der Waals surface area contributed by atoms with Crippen LogP contribution >= 0.6 is 0 Å². The van der Waals surface area contributed by atoms with Crippen molar-refractivity contribution < 1.29 is 14.5 Å². The van der Waals surface area contributed by atoms with E-state index in [1.807, 2.05) is 26.8 Å². The molecule has 0 aliphatic rings. The zero-order chi connectivity index (χ0) is 21.7. The van der Waals surface area contributed by atoms with Gasteiger partial charge < -0.3 is 15.7 Å². The number of nitrogen functional groups attached to an aromatic ring is 1. The Balaban J connectivity index is 1.74. The fraction of sp³-hybridized carbons (Fsp3) is 0.333. The van der Waals surface area contributed by atoms with Crippen LogP contribution in [0, 0.1) is 0 Å². The minimum atomic E-state index is -0.566. The lowest BCUT2D eigenvalue weighted by atomic mass is 10.2. The van der Waals surface area contributed by atoms with Crippen LogP contribution in [0.25, 0.3) is 5.82 Å². The highest BCUT2D eigenvalue weighted by atomic mass is 16.6. The average molecular weight is 413 g/mol. The molecule has 30 heavy (non-hydrogen) atoms. The Labute approximate surface area is 172 Å². The summed E-state index contributed by atoms with van der Waals surface area (Å²) in [6, 6.07) is 5.27. The summed E-state index contributed by atoms with van der Waals surface area (Å²) in [4.78, 5) is 14.6. The Morgan fingerprint density at radius 2 is 2.10 bits per heavy atom. The number of carbonyl (C=O) groups excluding carboxylic acids is 1. The second-order valence-corrected chi connectivity index (χ2v) is 6.24. The first-order valence-electron chi connectivity index (χ1n) is 9.44. The molecule has 0 aliphatic heterocycles. The first kappa shape index (κ1) is 20.8. The van der Waals surface area contributed by atoms with E-state index in [4.69, 9.17) is 5.73 Å². The van der Waals surface area contributed by atoms with Crippen LogP contribution in [-0.2, 0) is 6.42 Å². The zero-order valence-electron chi connectivity index (χ0n) is 16.9. The van der Waals surface area contributed by atoms with Crippen molar-refractivity contribution in [3.63, 3.8) is 0 Å². The molecule has 2 aromatic heterocycles. The maximum Gasteiger partial charge on any atom is 0.293 e. The lowest BCUT2D eigenvalue weighted by Gasteiger charge is -2.21. The molecule has 0 saturated heterocycles. The molecular formula is C18H23N9O3. The predicted octanol–water partition coefficient (Wildman–Crippen LogP) is 1.11. The van der Waals surface area contributed by atoms with Gasteiger partial charge in [0.15, 0.2) is 5.69 Å². The van der Waals surface area contributed by atoms with Gasteiger partial charge >= 0.3 is 0 Å². The van der Waals surface area contributed by atoms with Gasteiger partial charge in [0, 0.05) is 30.4 Å². The van der Waals surface area contributed by atoms with Crippen molar-refractivity contribution in [2.75, 3.05) is 23.7 Å². The molecule has 0 atom stereocenters. The van der Waals surface area contributed by atoms with Gasteiger partial charge in [-0.3, -0.25) is 4.79 Å². The van der Waals surface area contributed by atoms with Crippen LogP contribution in [-0.4, -0.2) is 55.6 Å². The molecule has 0 saturated carbocycles. The van der Waals surface area contributed by atoms with E-state index in [0.717, 1.165) is 18.8 Å². The number of nitrogens with zero attached hydrogens (tertiary/aromatic N) is 7. The number of aromatic hydroxyl groups is 1. The number of hydrogen-bond acceptors (Lipinski definition) is 10. The van der Waals surface area contributed by atoms with Crippen LogP contribution in [0.3, 0.4) is 0 Å². The second kappa shape index (κ2) is 9.03. The van der Waals surface area contributed by atoms with Gasteiger partial charge in [-0.15, -0.1) is 5.10 Å². The molecule has 1 aromatic carbocycles. The van der Waals surface area contributed by atoms with E-state index in [2.05, 4.69) is 40.7 Å². The van der Waals surface area contributed by atoms with Gasteiger partial charge in [0.25, 0.3) is 5.91 Å². The van der Waals surface area contributed by atoms with E-state index in [-0.39, 0.29) is 23.1 Å². The SMILES string of the molecule is CCc1c(C(=O)N/N=C/c2ccc(N(CC)CC)cc2O)nnn1-c1nonc1N. The molecule has 0 radical (unpaired) electrons. The summed E-state index contributed by atoms with van der Waals surface area (Å²) >= 11 is 0. The number of hydrazone groups is 1. The van der Waals surface area contributed by atoms with Crippen molar-refractivity contribution >= 4 is 23.6 Å². The molecule has 0 unspecified atom stereocenters. The number of phenols is 1. The first-order valence-corrected chi connectivity index (χ1v) is 9.44. The maximum atomic E-state index is 12.5. The zero-order valence-corrected chi connectivity index (χ0v) is 16.9. The Hall–Kier alpha value is -3.96. The molecule has 0 spiro atoms. The minimum Gasteiger partial charge on any atom is -0.507 e. The minimum absolute atomic E-state index is 0.0308. The number of phenolic OH excluding ortho intramolecular Hbond substituents is 1. The van der Waals surface area contributed by atoms with Crippen LogP contribution in [0.1, 0.15) is 42.5 Å². The van der Waals surface area contributed by atoms with Gasteiger partial charge in [-0.25, -0.2) is 10.1 Å². The van der Waals surface area contributed by atoms with Crippen LogP contribution in [0.5, 0.6) is 5.75 Å². The summed E-state index contributed by atoms with van der Waals surface area (Å²) in [7, 11) is 0. The van der Waals surface area contributed by atoms with Gasteiger partial charge in [0.05, 0.1) is 11.9 Å². The van der Waals surface area contributed by atoms with E-state index in [1.165, 1.54) is 10.9 Å². The summed E-state index contributed by atoms with van der Waals surface area (Å²) in [6.45, 7) is 7.57. The van der Waals surface area contributed by atoms with E-state index in [9.17, 15) is 9.90 Å². The molecule has 158 valence electrons. The summed E-state index contributed by atoms with van der Waals surface area (Å²) in [5.41, 5.74) is 9.97. The van der Waals surface area contributed by atoms with Crippen molar-refractivity contribution in [1.82, 2.24) is 30.7 Å². The van der Waals surface area contributed by atoms with E-state index >= 15 is 0 Å². The highest BCUT2D eigenvalue weighted by Crippen LogP contribution is 2.23. The molecule has 3 aromatic rings. The normalized spacial score (nSPS) is 11.2. The second-order valence-electron chi connectivity index (χ2n) is 6.24. The van der Waals surface area contributed by atoms with Gasteiger partial charge in [-0.2, -0.15) is 9.78 Å². The monoisotopic (exact) mass is 413 g/mol. The third-order valence-electron chi connectivity index (χ3n) is 4.52. The van der Waals surface area contributed by atoms with Gasteiger partial charge in [0.1, 0.15) is 5.75 Å². The molecule has 4 N–H and O–H groups in total. The Kier molecular flexibility index (Phi) is 6.25. The molecule has 0 bridgehead atoms. The summed E-state index contributed by atoms with van der Waals surface area (Å²) < 4.78 is 5.86. The Morgan fingerprint density at radius 1 is 1.33 bits per heavy atom. The number of aromatic nitrogens is 5. The molecule has 0 fully saturated rings. The number of nitrogens with two attached hydrogens (primary N) is 1. The molecule has 12 heteroatoms. The molecule has 1 amide bonds. The summed E-state index contributed by atoms with van der Waals surface area (Å²) in [6.07, 6.45) is 1.79. The lowest BCUT2D eigenvalue weighted by Crippen LogP contribution is -2.21. The number of carbonyl (C=O) groups is 1. The number of benzene rings is 1. The first-order chi connectivity index (χ1) is 14.5. The van der Waals surface area contributed by atoms with Crippen molar-refractivity contribution in [3.05, 3.63) is 35.2 Å². The van der Waals surface area contributed by atoms with Gasteiger partial charge in [-0.1, -0.05) is 12.1 Å². The van der Waals surface area contributed by atoms with E-state index in [1.54, 1.807) is 12.1 Å². The van der Waals surface area contributed by atoms with Crippen LogP contribution < -0.4 is 16.1 Å². The third-order valence-corrected chi connectivity index (χ3v) is 4.52. The fourth-order valence-corrected chi connectivity index (χ4v) is 2.94. The molecule has 12 nitrogen and oxygen atoms in total. The molecule has 0 aliphatic carbocycles. The smallest absolute Gasteiger partial charge is 0.293 e. The van der Waals surface area contributed by atoms with Crippen molar-refractivity contribution in [3.8, 4) is 11.6 Å². The van der Waals surface area contributed by atoms with Crippen molar-refractivity contribution in [2.45, 2.75) is 27.2 Å². The predicted molar refractivity (Wildman–Crippen MR) is 110 cm³/mol. The largest absolute Gasteiger partial charge is 0.507 e. The van der Waals surface area contributed by atoms with Gasteiger partial charge in [-0.05, 0) is 42.7 Å². The quantitative estimate of drug-likeness (QED) is 0.363. The topological polar surface area (TPSA) is 161 Å². The van der Waals surface area contributed by atoms with Crippen molar-refractivity contribution in [2.24, 2.45) is 5.10 Å². The average Bonchev–Trinajstić information content (AvgIpc) is 3.35.